The highest BCUT2D eigenvalue weighted by atomic mass is 32.2. The van der Waals surface area contributed by atoms with E-state index in [0.717, 1.165) is 0 Å². The maximum Gasteiger partial charge on any atom is 0.322 e. The van der Waals surface area contributed by atoms with Gasteiger partial charge in [-0.1, -0.05) is 30.3 Å². The number of hydrogen-bond acceptors (Lipinski definition) is 7. The molecule has 1 rings (SSSR count). The van der Waals surface area contributed by atoms with Crippen molar-refractivity contribution in [1.29, 1.82) is 0 Å². The summed E-state index contributed by atoms with van der Waals surface area (Å²) in [6.45, 7) is -0.605. The molecular weight excluding hydrogens is 414 g/mol. The third kappa shape index (κ3) is 10.0. The highest BCUT2D eigenvalue weighted by molar-refractivity contribution is 7.99. The molecule has 0 heterocycles. The summed E-state index contributed by atoms with van der Waals surface area (Å²) < 4.78 is 0. The predicted molar refractivity (Wildman–Crippen MR) is 110 cm³/mol. The van der Waals surface area contributed by atoms with E-state index in [1.54, 1.807) is 30.3 Å². The van der Waals surface area contributed by atoms with Crippen LogP contribution in [0.25, 0.3) is 0 Å². The van der Waals surface area contributed by atoms with Crippen LogP contribution in [0.4, 0.5) is 0 Å². The summed E-state index contributed by atoms with van der Waals surface area (Å²) in [5, 5.41) is 22.1. The van der Waals surface area contributed by atoms with Crippen molar-refractivity contribution < 1.29 is 34.2 Å². The third-order valence-electron chi connectivity index (χ3n) is 3.92. The molecule has 1 aromatic rings. The first-order chi connectivity index (χ1) is 14.2. The van der Waals surface area contributed by atoms with Crippen molar-refractivity contribution in [3.63, 3.8) is 0 Å². The number of thioether (sulfide) groups is 1. The molecule has 30 heavy (non-hydrogen) atoms. The molecule has 164 valence electrons. The first-order valence-corrected chi connectivity index (χ1v) is 10.3. The molecule has 10 nitrogen and oxygen atoms in total. The van der Waals surface area contributed by atoms with Gasteiger partial charge in [0.15, 0.2) is 5.78 Å². The monoisotopic (exact) mass is 439 g/mol. The zero-order valence-corrected chi connectivity index (χ0v) is 17.0. The Kier molecular flexibility index (Phi) is 11.2. The van der Waals surface area contributed by atoms with Crippen molar-refractivity contribution in [3.8, 4) is 0 Å². The first-order valence-electron chi connectivity index (χ1n) is 9.14. The summed E-state index contributed by atoms with van der Waals surface area (Å²) in [5.41, 5.74) is 5.93. The number of rotatable bonds is 14. The van der Waals surface area contributed by atoms with Gasteiger partial charge in [0.05, 0.1) is 0 Å². The van der Waals surface area contributed by atoms with E-state index in [9.17, 15) is 24.0 Å². The molecule has 0 saturated heterocycles. The van der Waals surface area contributed by atoms with Crippen molar-refractivity contribution in [3.05, 3.63) is 35.9 Å². The first kappa shape index (κ1) is 25.1. The lowest BCUT2D eigenvalue weighted by molar-refractivity contribution is -0.139. The van der Waals surface area contributed by atoms with Crippen LogP contribution in [0.3, 0.4) is 0 Å². The fourth-order valence-corrected chi connectivity index (χ4v) is 3.25. The Labute approximate surface area is 177 Å². The molecule has 0 aliphatic heterocycles. The molecule has 2 atom stereocenters. The van der Waals surface area contributed by atoms with Crippen LogP contribution in [0.15, 0.2) is 30.3 Å². The summed E-state index contributed by atoms with van der Waals surface area (Å²) >= 11 is 1.26. The Hall–Kier alpha value is -2.92. The highest BCUT2D eigenvalue weighted by Gasteiger charge is 2.22. The quantitative estimate of drug-likeness (QED) is 0.195. The van der Waals surface area contributed by atoms with Crippen molar-refractivity contribution in [2.24, 2.45) is 5.73 Å². The van der Waals surface area contributed by atoms with E-state index in [1.807, 2.05) is 0 Å². The van der Waals surface area contributed by atoms with E-state index >= 15 is 0 Å². The SMILES string of the molecule is N[C@H](CCC(=O)N[C@@H](CSCCC(=O)c1ccccc1)C(=O)NCC(=O)O)C(=O)O. The standard InChI is InChI=1S/C19H25N3O7S/c20-13(19(28)29)6-7-16(24)22-14(18(27)21-10-17(25)26)11-30-9-8-15(23)12-4-2-1-3-5-12/h1-5,13-14H,6-11,20H2,(H,21,27)(H,22,24)(H,25,26)(H,28,29)/t13-,14+/m1/s1. The van der Waals surface area contributed by atoms with Gasteiger partial charge < -0.3 is 26.6 Å². The molecule has 11 heteroatoms. The number of carboxylic acids is 2. The van der Waals surface area contributed by atoms with Crippen LogP contribution < -0.4 is 16.4 Å². The van der Waals surface area contributed by atoms with Gasteiger partial charge in [0.2, 0.25) is 11.8 Å². The molecule has 0 saturated carbocycles. The molecule has 0 aromatic heterocycles. The number of nitrogens with one attached hydrogen (secondary N) is 2. The lowest BCUT2D eigenvalue weighted by Crippen LogP contribution is -2.49. The normalized spacial score (nSPS) is 12.4. The largest absolute Gasteiger partial charge is 0.480 e. The Morgan fingerprint density at radius 1 is 1.03 bits per heavy atom. The fraction of sp³-hybridized carbons (Fsp3) is 0.421. The third-order valence-corrected chi connectivity index (χ3v) is 4.98. The molecule has 1 aromatic carbocycles. The van der Waals surface area contributed by atoms with Gasteiger partial charge in [0, 0.05) is 29.9 Å². The predicted octanol–water partition coefficient (Wildman–Crippen LogP) is -0.130. The Morgan fingerprint density at radius 2 is 1.70 bits per heavy atom. The Bertz CT molecular complexity index is 758. The number of aliphatic carboxylic acids is 2. The lowest BCUT2D eigenvalue weighted by Gasteiger charge is -2.18. The average Bonchev–Trinajstić information content (AvgIpc) is 2.72. The average molecular weight is 439 g/mol. The second kappa shape index (κ2) is 13.3. The number of Topliss-reactive ketones (excluding diaryl/α,β-unsaturated/α-hetero) is 1. The van der Waals surface area contributed by atoms with Crippen molar-refractivity contribution in [1.82, 2.24) is 10.6 Å². The maximum atomic E-state index is 12.2. The summed E-state index contributed by atoms with van der Waals surface area (Å²) in [7, 11) is 0. The minimum atomic E-state index is -1.24. The summed E-state index contributed by atoms with van der Waals surface area (Å²) in [6, 6.07) is 6.50. The van der Waals surface area contributed by atoms with E-state index in [4.69, 9.17) is 15.9 Å². The summed E-state index contributed by atoms with van der Waals surface area (Å²) in [4.78, 5) is 57.7. The molecule has 0 bridgehead atoms. The smallest absolute Gasteiger partial charge is 0.322 e. The lowest BCUT2D eigenvalue weighted by atomic mass is 10.1. The zero-order valence-electron chi connectivity index (χ0n) is 16.2. The van der Waals surface area contributed by atoms with Gasteiger partial charge in [-0.3, -0.25) is 24.0 Å². The number of nitrogens with two attached hydrogens (primary N) is 1. The maximum absolute atomic E-state index is 12.2. The van der Waals surface area contributed by atoms with E-state index in [1.165, 1.54) is 11.8 Å². The summed E-state index contributed by atoms with van der Waals surface area (Å²) in [6.07, 6.45) is -0.0732. The number of ketones is 1. The molecule has 0 spiro atoms. The van der Waals surface area contributed by atoms with Crippen LogP contribution in [0.5, 0.6) is 0 Å². The van der Waals surface area contributed by atoms with E-state index < -0.39 is 42.4 Å². The second-order valence-electron chi connectivity index (χ2n) is 6.33. The topological polar surface area (TPSA) is 176 Å². The molecule has 0 aliphatic rings. The molecule has 6 N–H and O–H groups in total. The van der Waals surface area contributed by atoms with E-state index in [2.05, 4.69) is 10.6 Å². The van der Waals surface area contributed by atoms with Gasteiger partial charge in [-0.2, -0.15) is 11.8 Å². The van der Waals surface area contributed by atoms with Gasteiger partial charge >= 0.3 is 11.9 Å². The van der Waals surface area contributed by atoms with Crippen LogP contribution in [0.2, 0.25) is 0 Å². The van der Waals surface area contributed by atoms with Crippen LogP contribution in [-0.4, -0.2) is 69.9 Å². The van der Waals surface area contributed by atoms with Gasteiger partial charge in [0.1, 0.15) is 18.6 Å². The molecule has 0 unspecified atom stereocenters. The fourth-order valence-electron chi connectivity index (χ4n) is 2.28. The van der Waals surface area contributed by atoms with Gasteiger partial charge in [-0.25, -0.2) is 0 Å². The Morgan fingerprint density at radius 3 is 2.30 bits per heavy atom. The van der Waals surface area contributed by atoms with Gasteiger partial charge in [-0.05, 0) is 6.42 Å². The van der Waals surface area contributed by atoms with Crippen LogP contribution >= 0.6 is 11.8 Å². The number of hydrogen-bond donors (Lipinski definition) is 5. The molecule has 0 fully saturated rings. The minimum absolute atomic E-state index is 0.0540. The number of amides is 2. The van der Waals surface area contributed by atoms with Crippen LogP contribution in [-0.2, 0) is 19.2 Å². The van der Waals surface area contributed by atoms with Crippen molar-refractivity contribution in [2.75, 3.05) is 18.1 Å². The molecule has 0 radical (unpaired) electrons. The number of carbonyl (C=O) groups is 5. The van der Waals surface area contributed by atoms with Crippen LogP contribution in [0, 0.1) is 0 Å². The number of carbonyl (C=O) groups excluding carboxylic acids is 3. The molecular formula is C19H25N3O7S. The van der Waals surface area contributed by atoms with E-state index in [-0.39, 0.29) is 30.8 Å². The Balaban J connectivity index is 2.54. The van der Waals surface area contributed by atoms with Gasteiger partial charge in [0.25, 0.3) is 0 Å². The second-order valence-corrected chi connectivity index (χ2v) is 7.48. The van der Waals surface area contributed by atoms with E-state index in [0.29, 0.717) is 11.3 Å². The van der Waals surface area contributed by atoms with Crippen LogP contribution in [0.1, 0.15) is 29.6 Å². The molecule has 0 aliphatic carbocycles. The summed E-state index contributed by atoms with van der Waals surface area (Å²) in [5.74, 6) is -3.28. The van der Waals surface area contributed by atoms with Crippen molar-refractivity contribution >= 4 is 41.3 Å². The molecule has 2 amide bonds. The highest BCUT2D eigenvalue weighted by Crippen LogP contribution is 2.10. The zero-order chi connectivity index (χ0) is 22.5. The van der Waals surface area contributed by atoms with Gasteiger partial charge in [-0.15, -0.1) is 0 Å². The number of carboxylic acid groups (broad SMARTS) is 2. The minimum Gasteiger partial charge on any atom is -0.480 e. The van der Waals surface area contributed by atoms with Crippen molar-refractivity contribution in [2.45, 2.75) is 31.3 Å². The number of benzene rings is 1.